The number of carbonyl (C=O) groups excluding carboxylic acids is 1. The van der Waals surface area contributed by atoms with Crippen molar-refractivity contribution in [1.29, 1.82) is 0 Å². The van der Waals surface area contributed by atoms with Crippen LogP contribution < -0.4 is 0 Å². The number of benzene rings is 1. The number of carbonyl (C=O) groups is 2. The lowest BCUT2D eigenvalue weighted by Gasteiger charge is -2.21. The van der Waals surface area contributed by atoms with Crippen LogP contribution in [0.2, 0.25) is 5.02 Å². The van der Waals surface area contributed by atoms with Crippen LogP contribution in [0.15, 0.2) is 18.2 Å². The number of β-amino-alcohol motifs (C(OH)–C–C–N with tert-alkyl or cyclic N) is 1. The number of carboxylic acids is 1. The molecule has 1 fully saturated rings. The minimum absolute atomic E-state index is 0.116. The van der Waals surface area contributed by atoms with Gasteiger partial charge in [-0.05, 0) is 12.1 Å². The molecule has 1 aromatic rings. The fourth-order valence-corrected chi connectivity index (χ4v) is 2.54. The van der Waals surface area contributed by atoms with Gasteiger partial charge >= 0.3 is 11.7 Å². The third kappa shape index (κ3) is 2.81. The van der Waals surface area contributed by atoms with Gasteiger partial charge in [0.25, 0.3) is 5.91 Å². The molecular formula is C12H11ClN2O6. The van der Waals surface area contributed by atoms with E-state index in [0.717, 1.165) is 4.90 Å². The van der Waals surface area contributed by atoms with Crippen LogP contribution in [0.1, 0.15) is 16.8 Å². The normalized spacial score (nSPS) is 21.3. The summed E-state index contributed by atoms with van der Waals surface area (Å²) in [6, 6.07) is 2.62. The first-order valence-corrected chi connectivity index (χ1v) is 6.35. The number of halogens is 1. The second-order valence-corrected chi connectivity index (χ2v) is 5.00. The number of amides is 1. The first-order chi connectivity index (χ1) is 9.82. The third-order valence-electron chi connectivity index (χ3n) is 3.22. The number of rotatable bonds is 3. The zero-order chi connectivity index (χ0) is 15.7. The summed E-state index contributed by atoms with van der Waals surface area (Å²) in [5, 5.41) is 29.4. The largest absolute Gasteiger partial charge is 0.480 e. The standard InChI is InChI=1S/C12H11ClN2O6/c13-8-3-1-2-7(10(8)15(20)21)11(17)14-5-6(16)4-9(14)12(18)19/h1-3,6,9,16H,4-5H2,(H,18,19)/t6-,9-/m1/s1. The van der Waals surface area contributed by atoms with E-state index in [-0.39, 0.29) is 23.6 Å². The maximum atomic E-state index is 12.4. The summed E-state index contributed by atoms with van der Waals surface area (Å²) in [4.78, 5) is 34.6. The fourth-order valence-electron chi connectivity index (χ4n) is 2.30. The van der Waals surface area contributed by atoms with E-state index in [1.165, 1.54) is 18.2 Å². The Labute approximate surface area is 123 Å². The number of likely N-dealkylation sites (tertiary alicyclic amines) is 1. The van der Waals surface area contributed by atoms with Crippen LogP contribution in [-0.2, 0) is 4.79 Å². The second-order valence-electron chi connectivity index (χ2n) is 4.59. The van der Waals surface area contributed by atoms with Crippen molar-refractivity contribution in [3.8, 4) is 0 Å². The lowest BCUT2D eigenvalue weighted by atomic mass is 10.1. The number of hydrogen-bond acceptors (Lipinski definition) is 5. The molecule has 1 saturated heterocycles. The van der Waals surface area contributed by atoms with E-state index in [0.29, 0.717) is 0 Å². The van der Waals surface area contributed by atoms with Gasteiger partial charge in [-0.1, -0.05) is 17.7 Å². The van der Waals surface area contributed by atoms with Gasteiger partial charge in [0.2, 0.25) is 0 Å². The summed E-state index contributed by atoms with van der Waals surface area (Å²) in [5.41, 5.74) is -0.873. The lowest BCUT2D eigenvalue weighted by molar-refractivity contribution is -0.385. The first kappa shape index (κ1) is 15.2. The zero-order valence-corrected chi connectivity index (χ0v) is 11.4. The van der Waals surface area contributed by atoms with Crippen LogP contribution in [0, 0.1) is 10.1 Å². The van der Waals surface area contributed by atoms with Crippen molar-refractivity contribution < 1.29 is 24.7 Å². The summed E-state index contributed by atoms with van der Waals surface area (Å²) in [5.74, 6) is -2.11. The molecule has 2 rings (SSSR count). The lowest BCUT2D eigenvalue weighted by Crippen LogP contribution is -2.40. The summed E-state index contributed by atoms with van der Waals surface area (Å²) in [6.45, 7) is -0.195. The van der Waals surface area contributed by atoms with E-state index in [1.54, 1.807) is 0 Å². The van der Waals surface area contributed by atoms with Gasteiger partial charge in [-0.15, -0.1) is 0 Å². The number of nitro groups is 1. The molecule has 0 radical (unpaired) electrons. The van der Waals surface area contributed by atoms with E-state index in [4.69, 9.17) is 16.7 Å². The molecule has 1 aromatic carbocycles. The average molecular weight is 315 g/mol. The predicted octanol–water partition coefficient (Wildman–Crippen LogP) is 0.908. The van der Waals surface area contributed by atoms with Crippen LogP contribution in [0.25, 0.3) is 0 Å². The highest BCUT2D eigenvalue weighted by Gasteiger charge is 2.41. The van der Waals surface area contributed by atoms with Crippen LogP contribution in [0.3, 0.4) is 0 Å². The molecule has 0 bridgehead atoms. The molecule has 0 spiro atoms. The SMILES string of the molecule is O=C(O)[C@H]1C[C@@H](O)CN1C(=O)c1cccc(Cl)c1[N+](=O)[O-]. The van der Waals surface area contributed by atoms with Gasteiger partial charge in [0.1, 0.15) is 16.6 Å². The van der Waals surface area contributed by atoms with Crippen LogP contribution in [0.4, 0.5) is 5.69 Å². The van der Waals surface area contributed by atoms with Gasteiger partial charge < -0.3 is 15.1 Å². The van der Waals surface area contributed by atoms with Crippen molar-refractivity contribution >= 4 is 29.2 Å². The molecule has 1 aliphatic rings. The number of aliphatic hydroxyl groups excluding tert-OH is 1. The van der Waals surface area contributed by atoms with Gasteiger partial charge in [-0.3, -0.25) is 14.9 Å². The monoisotopic (exact) mass is 314 g/mol. The number of nitro benzene ring substituents is 1. The number of para-hydroxylation sites is 1. The van der Waals surface area contributed by atoms with E-state index in [2.05, 4.69) is 0 Å². The van der Waals surface area contributed by atoms with Crippen molar-refractivity contribution in [3.05, 3.63) is 38.9 Å². The molecule has 0 aliphatic carbocycles. The Bertz CT molecular complexity index is 620. The summed E-state index contributed by atoms with van der Waals surface area (Å²) >= 11 is 5.72. The fraction of sp³-hybridized carbons (Fsp3) is 0.333. The Morgan fingerprint density at radius 2 is 2.10 bits per heavy atom. The highest BCUT2D eigenvalue weighted by atomic mass is 35.5. The van der Waals surface area contributed by atoms with Crippen LogP contribution in [0.5, 0.6) is 0 Å². The van der Waals surface area contributed by atoms with Crippen molar-refractivity contribution in [1.82, 2.24) is 4.90 Å². The number of carboxylic acid groups (broad SMARTS) is 1. The van der Waals surface area contributed by atoms with Gasteiger partial charge in [0, 0.05) is 13.0 Å². The van der Waals surface area contributed by atoms with Gasteiger partial charge in [0.05, 0.1) is 11.0 Å². The molecule has 9 heteroatoms. The van der Waals surface area contributed by atoms with Crippen molar-refractivity contribution in [3.63, 3.8) is 0 Å². The third-order valence-corrected chi connectivity index (χ3v) is 3.53. The van der Waals surface area contributed by atoms with E-state index in [9.17, 15) is 24.8 Å². The van der Waals surface area contributed by atoms with Crippen LogP contribution >= 0.6 is 11.6 Å². The van der Waals surface area contributed by atoms with Crippen molar-refractivity contribution in [2.75, 3.05) is 6.54 Å². The molecule has 2 N–H and O–H groups in total. The van der Waals surface area contributed by atoms with Crippen molar-refractivity contribution in [2.45, 2.75) is 18.6 Å². The Hall–Kier alpha value is -2.19. The molecule has 8 nitrogen and oxygen atoms in total. The molecule has 21 heavy (non-hydrogen) atoms. The molecule has 1 amide bonds. The van der Waals surface area contributed by atoms with E-state index >= 15 is 0 Å². The molecule has 0 unspecified atom stereocenters. The number of aliphatic carboxylic acids is 1. The molecule has 112 valence electrons. The minimum atomic E-state index is -1.27. The Balaban J connectivity index is 2.43. The zero-order valence-electron chi connectivity index (χ0n) is 10.6. The molecule has 0 aromatic heterocycles. The maximum absolute atomic E-state index is 12.4. The molecule has 1 heterocycles. The summed E-state index contributed by atoms with van der Waals surface area (Å²) in [6.07, 6.45) is -1.09. The topological polar surface area (TPSA) is 121 Å². The minimum Gasteiger partial charge on any atom is -0.480 e. The van der Waals surface area contributed by atoms with Crippen molar-refractivity contribution in [2.24, 2.45) is 0 Å². The highest BCUT2D eigenvalue weighted by molar-refractivity contribution is 6.33. The van der Waals surface area contributed by atoms with Crippen LogP contribution in [-0.4, -0.2) is 50.6 Å². The second kappa shape index (κ2) is 5.66. The highest BCUT2D eigenvalue weighted by Crippen LogP contribution is 2.31. The van der Waals surface area contributed by atoms with Gasteiger partial charge in [0.15, 0.2) is 0 Å². The number of hydrogen-bond donors (Lipinski definition) is 2. The predicted molar refractivity (Wildman–Crippen MR) is 71.2 cm³/mol. The Kier molecular flexibility index (Phi) is 4.10. The summed E-state index contributed by atoms with van der Waals surface area (Å²) < 4.78 is 0. The first-order valence-electron chi connectivity index (χ1n) is 5.97. The quantitative estimate of drug-likeness (QED) is 0.631. The van der Waals surface area contributed by atoms with E-state index < -0.39 is 34.6 Å². The number of nitrogens with zero attached hydrogens (tertiary/aromatic N) is 2. The van der Waals surface area contributed by atoms with E-state index in [1.807, 2.05) is 0 Å². The summed E-state index contributed by atoms with van der Waals surface area (Å²) in [7, 11) is 0. The average Bonchev–Trinajstić information content (AvgIpc) is 2.79. The molecule has 2 atom stereocenters. The molecule has 1 aliphatic heterocycles. The number of aliphatic hydroxyl groups is 1. The molecular weight excluding hydrogens is 304 g/mol. The smallest absolute Gasteiger partial charge is 0.326 e. The maximum Gasteiger partial charge on any atom is 0.326 e. The van der Waals surface area contributed by atoms with Gasteiger partial charge in [-0.25, -0.2) is 4.79 Å². The Morgan fingerprint density at radius 3 is 2.67 bits per heavy atom. The molecule has 0 saturated carbocycles. The Morgan fingerprint density at radius 1 is 1.43 bits per heavy atom. The van der Waals surface area contributed by atoms with Gasteiger partial charge in [-0.2, -0.15) is 0 Å².